The molecule has 0 fully saturated rings. The molecular formula is C21H25FN4O3S. The van der Waals surface area contributed by atoms with E-state index in [1.807, 2.05) is 13.8 Å². The van der Waals surface area contributed by atoms with Crippen molar-refractivity contribution < 1.29 is 18.8 Å². The quantitative estimate of drug-likeness (QED) is 0.649. The van der Waals surface area contributed by atoms with Gasteiger partial charge in [-0.1, -0.05) is 12.1 Å². The fraction of sp³-hybridized carbons (Fsp3) is 0.333. The summed E-state index contributed by atoms with van der Waals surface area (Å²) in [7, 11) is 0. The first-order valence-corrected chi connectivity index (χ1v) is 10.4. The molecule has 2 aromatic rings. The molecule has 0 saturated heterocycles. The lowest BCUT2D eigenvalue weighted by atomic mass is 10.3. The molecule has 0 aliphatic rings. The summed E-state index contributed by atoms with van der Waals surface area (Å²) in [5.74, 6) is -1.47. The topological polar surface area (TPSA) is 82.6 Å². The van der Waals surface area contributed by atoms with Gasteiger partial charge in [-0.15, -0.1) is 11.3 Å². The van der Waals surface area contributed by atoms with Crippen LogP contribution >= 0.6 is 11.3 Å². The van der Waals surface area contributed by atoms with E-state index in [0.717, 1.165) is 11.3 Å². The Labute approximate surface area is 179 Å². The van der Waals surface area contributed by atoms with Gasteiger partial charge in [-0.05, 0) is 39.0 Å². The molecular weight excluding hydrogens is 407 g/mol. The van der Waals surface area contributed by atoms with Crippen molar-refractivity contribution in [1.82, 2.24) is 15.2 Å². The Morgan fingerprint density at radius 1 is 1.27 bits per heavy atom. The van der Waals surface area contributed by atoms with Gasteiger partial charge in [-0.3, -0.25) is 19.3 Å². The molecule has 9 heteroatoms. The van der Waals surface area contributed by atoms with Gasteiger partial charge in [0, 0.05) is 31.0 Å². The average Bonchev–Trinajstić information content (AvgIpc) is 3.13. The molecule has 1 aromatic carbocycles. The van der Waals surface area contributed by atoms with E-state index < -0.39 is 5.82 Å². The summed E-state index contributed by atoms with van der Waals surface area (Å²) in [4.78, 5) is 43.3. The van der Waals surface area contributed by atoms with Crippen molar-refractivity contribution in [2.45, 2.75) is 33.7 Å². The molecule has 0 spiro atoms. The molecule has 0 aliphatic heterocycles. The molecule has 7 nitrogen and oxygen atoms in total. The van der Waals surface area contributed by atoms with E-state index in [-0.39, 0.29) is 36.0 Å². The highest BCUT2D eigenvalue weighted by molar-refractivity contribution is 7.14. The molecule has 1 N–H and O–H groups in total. The standard InChI is InChI=1S/C21H25FN4O3S/c1-5-25(12-19(28)23-14(2)3)20(29)11-10-16-13-30-21(24-16)26(15(4)27)18-9-7-6-8-17(18)22/h6-11,13-14H,5,12H2,1-4H3,(H,23,28)/b11-10+. The second-order valence-corrected chi connectivity index (χ2v) is 7.61. The number of hydrogen-bond donors (Lipinski definition) is 1. The van der Waals surface area contributed by atoms with E-state index in [4.69, 9.17) is 0 Å². The lowest BCUT2D eigenvalue weighted by molar-refractivity contribution is -0.132. The van der Waals surface area contributed by atoms with Crippen molar-refractivity contribution in [3.05, 3.63) is 47.2 Å². The Morgan fingerprint density at radius 2 is 1.97 bits per heavy atom. The van der Waals surface area contributed by atoms with Crippen LogP contribution in [0.1, 0.15) is 33.4 Å². The number of likely N-dealkylation sites (N-methyl/N-ethyl adjacent to an activating group) is 1. The van der Waals surface area contributed by atoms with Crippen LogP contribution in [0.2, 0.25) is 0 Å². The summed E-state index contributed by atoms with van der Waals surface area (Å²) in [5.41, 5.74) is 0.563. The highest BCUT2D eigenvalue weighted by Crippen LogP contribution is 2.30. The van der Waals surface area contributed by atoms with E-state index in [1.54, 1.807) is 24.4 Å². The smallest absolute Gasteiger partial charge is 0.247 e. The monoisotopic (exact) mass is 432 g/mol. The number of anilines is 2. The zero-order chi connectivity index (χ0) is 22.3. The lowest BCUT2D eigenvalue weighted by Crippen LogP contribution is -2.42. The predicted molar refractivity (Wildman–Crippen MR) is 116 cm³/mol. The number of hydrogen-bond acceptors (Lipinski definition) is 5. The van der Waals surface area contributed by atoms with Gasteiger partial charge in [-0.25, -0.2) is 9.37 Å². The molecule has 0 saturated carbocycles. The van der Waals surface area contributed by atoms with Gasteiger partial charge in [0.05, 0.1) is 17.9 Å². The first kappa shape index (κ1) is 23.2. The molecule has 160 valence electrons. The third-order valence-electron chi connectivity index (χ3n) is 3.98. The Hall–Kier alpha value is -3.07. The number of aromatic nitrogens is 1. The van der Waals surface area contributed by atoms with Gasteiger partial charge in [-0.2, -0.15) is 0 Å². The average molecular weight is 433 g/mol. The fourth-order valence-corrected chi connectivity index (χ4v) is 3.49. The van der Waals surface area contributed by atoms with Crippen LogP contribution in [0.15, 0.2) is 35.7 Å². The number of halogens is 1. The van der Waals surface area contributed by atoms with Gasteiger partial charge in [0.25, 0.3) is 0 Å². The van der Waals surface area contributed by atoms with Crippen LogP contribution in [-0.4, -0.2) is 46.7 Å². The number of nitrogens with zero attached hydrogens (tertiary/aromatic N) is 3. The summed E-state index contributed by atoms with van der Waals surface area (Å²) in [6.45, 7) is 7.15. The lowest BCUT2D eigenvalue weighted by Gasteiger charge is -2.19. The molecule has 1 heterocycles. The van der Waals surface area contributed by atoms with Crippen LogP contribution in [0.3, 0.4) is 0 Å². The minimum Gasteiger partial charge on any atom is -0.352 e. The highest BCUT2D eigenvalue weighted by Gasteiger charge is 2.20. The maximum Gasteiger partial charge on any atom is 0.247 e. The molecule has 3 amide bonds. The van der Waals surface area contributed by atoms with E-state index in [9.17, 15) is 18.8 Å². The zero-order valence-corrected chi connectivity index (χ0v) is 18.2. The van der Waals surface area contributed by atoms with Crippen molar-refractivity contribution in [1.29, 1.82) is 0 Å². The molecule has 0 atom stereocenters. The third-order valence-corrected chi connectivity index (χ3v) is 4.83. The maximum atomic E-state index is 14.1. The fourth-order valence-electron chi connectivity index (χ4n) is 2.64. The molecule has 0 unspecified atom stereocenters. The Morgan fingerprint density at radius 3 is 2.57 bits per heavy atom. The SMILES string of the molecule is CCN(CC(=O)NC(C)C)C(=O)/C=C/c1csc(N(C(C)=O)c2ccccc2F)n1. The van der Waals surface area contributed by atoms with Crippen molar-refractivity contribution in [3.8, 4) is 0 Å². The van der Waals surface area contributed by atoms with Crippen LogP contribution in [0, 0.1) is 5.82 Å². The van der Waals surface area contributed by atoms with Crippen LogP contribution < -0.4 is 10.2 Å². The molecule has 1 aromatic heterocycles. The Balaban J connectivity index is 2.14. The number of amides is 3. The van der Waals surface area contributed by atoms with Gasteiger partial charge in [0.15, 0.2) is 5.13 Å². The first-order chi connectivity index (χ1) is 14.2. The van der Waals surface area contributed by atoms with Crippen LogP contribution in [-0.2, 0) is 14.4 Å². The van der Waals surface area contributed by atoms with E-state index in [2.05, 4.69) is 10.3 Å². The van der Waals surface area contributed by atoms with Crippen molar-refractivity contribution in [3.63, 3.8) is 0 Å². The van der Waals surface area contributed by atoms with E-state index in [0.29, 0.717) is 17.4 Å². The summed E-state index contributed by atoms with van der Waals surface area (Å²) < 4.78 is 14.1. The Bertz CT molecular complexity index is 942. The second kappa shape index (κ2) is 10.6. The van der Waals surface area contributed by atoms with Gasteiger partial charge >= 0.3 is 0 Å². The van der Waals surface area contributed by atoms with Crippen LogP contribution in [0.4, 0.5) is 15.2 Å². The van der Waals surface area contributed by atoms with Crippen molar-refractivity contribution in [2.75, 3.05) is 18.0 Å². The molecule has 2 rings (SSSR count). The summed E-state index contributed by atoms with van der Waals surface area (Å²) >= 11 is 1.16. The highest BCUT2D eigenvalue weighted by atomic mass is 32.1. The minimum atomic E-state index is -0.534. The summed E-state index contributed by atoms with van der Waals surface area (Å²) in [5, 5.41) is 4.71. The number of carbonyl (C=O) groups excluding carboxylic acids is 3. The predicted octanol–water partition coefficient (Wildman–Crippen LogP) is 3.35. The molecule has 0 radical (unpaired) electrons. The normalized spacial score (nSPS) is 11.0. The zero-order valence-electron chi connectivity index (χ0n) is 17.4. The van der Waals surface area contributed by atoms with Crippen molar-refractivity contribution >= 4 is 46.0 Å². The van der Waals surface area contributed by atoms with Gasteiger partial charge in [0.2, 0.25) is 17.7 Å². The van der Waals surface area contributed by atoms with Crippen LogP contribution in [0.5, 0.6) is 0 Å². The largest absolute Gasteiger partial charge is 0.352 e. The number of benzene rings is 1. The molecule has 30 heavy (non-hydrogen) atoms. The third kappa shape index (κ3) is 6.21. The number of nitrogens with one attached hydrogen (secondary N) is 1. The minimum absolute atomic E-state index is 0.00560. The van der Waals surface area contributed by atoms with Crippen LogP contribution in [0.25, 0.3) is 6.08 Å². The number of rotatable bonds is 8. The van der Waals surface area contributed by atoms with Gasteiger partial charge < -0.3 is 10.2 Å². The van der Waals surface area contributed by atoms with E-state index in [1.165, 1.54) is 41.0 Å². The Kier molecular flexibility index (Phi) is 8.23. The summed E-state index contributed by atoms with van der Waals surface area (Å²) in [6.07, 6.45) is 2.83. The number of para-hydroxylation sites is 1. The van der Waals surface area contributed by atoms with Crippen molar-refractivity contribution in [2.24, 2.45) is 0 Å². The molecule has 0 aliphatic carbocycles. The number of carbonyl (C=O) groups is 3. The molecule has 0 bridgehead atoms. The maximum absolute atomic E-state index is 14.1. The number of thiazole rings is 1. The second-order valence-electron chi connectivity index (χ2n) is 6.77. The first-order valence-electron chi connectivity index (χ1n) is 9.50. The summed E-state index contributed by atoms with van der Waals surface area (Å²) in [6, 6.07) is 5.94. The van der Waals surface area contributed by atoms with E-state index >= 15 is 0 Å². The van der Waals surface area contributed by atoms with Gasteiger partial charge in [0.1, 0.15) is 5.82 Å².